The van der Waals surface area contributed by atoms with Crippen LogP contribution in [0.3, 0.4) is 0 Å². The van der Waals surface area contributed by atoms with Gasteiger partial charge in [0.05, 0.1) is 14.2 Å². The zero-order valence-corrected chi connectivity index (χ0v) is 31.0. The van der Waals surface area contributed by atoms with Gasteiger partial charge in [0, 0.05) is 33.2 Å². The molecule has 2 aliphatic heterocycles. The van der Waals surface area contributed by atoms with Crippen LogP contribution in [0.15, 0.2) is 127 Å². The predicted molar refractivity (Wildman–Crippen MR) is 205 cm³/mol. The van der Waals surface area contributed by atoms with Crippen molar-refractivity contribution in [2.24, 2.45) is 9.98 Å². The Morgan fingerprint density at radius 2 is 0.940 bits per heavy atom. The van der Waals surface area contributed by atoms with Crippen LogP contribution in [0.1, 0.15) is 47.9 Å². The first-order chi connectivity index (χ1) is 24.4. The molecule has 2 amide bonds. The van der Waals surface area contributed by atoms with E-state index in [-0.39, 0.29) is 11.8 Å². The maximum Gasteiger partial charge on any atom is 0.278 e. The first-order valence-corrected chi connectivity index (χ1v) is 18.0. The smallest absolute Gasteiger partial charge is 0.278 e. The average Bonchev–Trinajstić information content (AvgIpc) is 3.61. The lowest BCUT2D eigenvalue weighted by Crippen LogP contribution is -2.34. The van der Waals surface area contributed by atoms with E-state index in [4.69, 9.17) is 19.5 Å². The number of unbranched alkanes of at least 4 members (excludes halogenated alkanes) is 3. The summed E-state index contributed by atoms with van der Waals surface area (Å²) in [5, 5.41) is 0. The molecule has 10 heteroatoms. The first-order valence-electron chi connectivity index (χ1n) is 16.4. The highest BCUT2D eigenvalue weighted by atomic mass is 79.9. The van der Waals surface area contributed by atoms with Gasteiger partial charge in [0.15, 0.2) is 0 Å². The van der Waals surface area contributed by atoms with Crippen LogP contribution in [0.4, 0.5) is 0 Å². The number of ether oxygens (including phenoxy) is 2. The SMILES string of the molecule is COc1ccc(C=C2N=C(c3ccccc3Br)N(CCCCCCN3C(=O)C(=Cc4ccc(OC)cc4)N=C3c3ccccc3Br)C2=O)cc1. The number of benzene rings is 4. The summed E-state index contributed by atoms with van der Waals surface area (Å²) in [7, 11) is 3.25. The van der Waals surface area contributed by atoms with Crippen molar-refractivity contribution >= 4 is 67.5 Å². The number of amides is 2. The van der Waals surface area contributed by atoms with E-state index in [0.717, 1.165) is 68.4 Å². The van der Waals surface area contributed by atoms with E-state index >= 15 is 0 Å². The summed E-state index contributed by atoms with van der Waals surface area (Å²) in [6.45, 7) is 1.06. The second kappa shape index (κ2) is 16.3. The molecular formula is C40H36Br2N4O4. The number of halogens is 2. The van der Waals surface area contributed by atoms with E-state index in [1.165, 1.54) is 0 Å². The molecule has 50 heavy (non-hydrogen) atoms. The number of carbonyl (C=O) groups is 2. The van der Waals surface area contributed by atoms with Crippen molar-refractivity contribution in [1.29, 1.82) is 0 Å². The number of hydrogen-bond donors (Lipinski definition) is 0. The van der Waals surface area contributed by atoms with Crippen LogP contribution in [-0.4, -0.2) is 60.6 Å². The minimum Gasteiger partial charge on any atom is -0.497 e. The Labute approximate surface area is 309 Å². The second-order valence-electron chi connectivity index (χ2n) is 11.8. The van der Waals surface area contributed by atoms with Gasteiger partial charge in [-0.2, -0.15) is 0 Å². The zero-order valence-electron chi connectivity index (χ0n) is 27.8. The summed E-state index contributed by atoms with van der Waals surface area (Å²) in [5.41, 5.74) is 4.26. The molecule has 8 nitrogen and oxygen atoms in total. The minimum absolute atomic E-state index is 0.125. The zero-order chi connectivity index (χ0) is 35.0. The van der Waals surface area contributed by atoms with E-state index in [1.54, 1.807) is 24.0 Å². The van der Waals surface area contributed by atoms with E-state index < -0.39 is 0 Å². The number of amidine groups is 2. The molecule has 2 heterocycles. The predicted octanol–water partition coefficient (Wildman–Crippen LogP) is 8.75. The van der Waals surface area contributed by atoms with Crippen LogP contribution in [-0.2, 0) is 9.59 Å². The third-order valence-electron chi connectivity index (χ3n) is 8.47. The maximum absolute atomic E-state index is 13.7. The second-order valence-corrected chi connectivity index (χ2v) is 13.5. The fourth-order valence-electron chi connectivity index (χ4n) is 5.82. The summed E-state index contributed by atoms with van der Waals surface area (Å²) in [5.74, 6) is 2.52. The number of hydrogen-bond acceptors (Lipinski definition) is 6. The molecule has 0 unspecified atom stereocenters. The third kappa shape index (κ3) is 7.98. The molecule has 4 aromatic rings. The van der Waals surface area contributed by atoms with Crippen molar-refractivity contribution in [3.63, 3.8) is 0 Å². The molecule has 0 bridgehead atoms. The molecule has 0 aliphatic carbocycles. The van der Waals surface area contributed by atoms with E-state index in [0.29, 0.717) is 36.2 Å². The van der Waals surface area contributed by atoms with Crippen molar-refractivity contribution in [2.75, 3.05) is 27.3 Å². The van der Waals surface area contributed by atoms with Crippen molar-refractivity contribution in [2.45, 2.75) is 25.7 Å². The molecule has 0 radical (unpaired) electrons. The van der Waals surface area contributed by atoms with Gasteiger partial charge in [0.1, 0.15) is 34.6 Å². The van der Waals surface area contributed by atoms with Gasteiger partial charge < -0.3 is 9.47 Å². The minimum atomic E-state index is -0.125. The molecule has 0 fully saturated rings. The Morgan fingerprint density at radius 1 is 0.560 bits per heavy atom. The summed E-state index contributed by atoms with van der Waals surface area (Å²) in [6, 6.07) is 30.7. The van der Waals surface area contributed by atoms with Gasteiger partial charge in [-0.25, -0.2) is 9.98 Å². The molecule has 0 spiro atoms. The first kappa shape index (κ1) is 35.0. The fourth-order valence-corrected chi connectivity index (χ4v) is 6.75. The number of nitrogens with zero attached hydrogens (tertiary/aromatic N) is 4. The Kier molecular flexibility index (Phi) is 11.4. The van der Waals surface area contributed by atoms with E-state index in [9.17, 15) is 9.59 Å². The lowest BCUT2D eigenvalue weighted by atomic mass is 10.1. The highest BCUT2D eigenvalue weighted by Crippen LogP contribution is 2.29. The van der Waals surface area contributed by atoms with Gasteiger partial charge in [-0.15, -0.1) is 0 Å². The normalized spacial score (nSPS) is 16.0. The lowest BCUT2D eigenvalue weighted by Gasteiger charge is -2.20. The quantitative estimate of drug-likeness (QED) is 0.100. The van der Waals surface area contributed by atoms with Gasteiger partial charge in [-0.3, -0.25) is 19.4 Å². The monoisotopic (exact) mass is 794 g/mol. The standard InChI is InChI=1S/C40H36Br2N4O4/c1-49-29-19-15-27(16-20-29)25-35-39(47)45(37(43-35)31-11-5-7-13-33(31)41)23-9-3-4-10-24-46-38(32-12-6-8-14-34(32)42)44-36(40(46)48)26-28-17-21-30(50-2)22-18-28/h5-8,11-22,25-26H,3-4,9-10,23-24H2,1-2H3. The maximum atomic E-state index is 13.7. The van der Waals surface area contributed by atoms with Crippen molar-refractivity contribution in [1.82, 2.24) is 9.80 Å². The molecule has 0 aromatic heterocycles. The number of rotatable bonds is 13. The van der Waals surface area contributed by atoms with Crippen molar-refractivity contribution in [3.8, 4) is 11.5 Å². The molecule has 6 rings (SSSR count). The van der Waals surface area contributed by atoms with Crippen LogP contribution < -0.4 is 9.47 Å². The van der Waals surface area contributed by atoms with E-state index in [1.807, 2.05) is 109 Å². The fraction of sp³-hybridized carbons (Fsp3) is 0.200. The Morgan fingerprint density at radius 3 is 1.30 bits per heavy atom. The topological polar surface area (TPSA) is 83.8 Å². The van der Waals surface area contributed by atoms with Gasteiger partial charge in [0.25, 0.3) is 11.8 Å². The van der Waals surface area contributed by atoms with Crippen LogP contribution in [0, 0.1) is 0 Å². The van der Waals surface area contributed by atoms with Gasteiger partial charge in [-0.05, 0) is 72.5 Å². The third-order valence-corrected chi connectivity index (χ3v) is 9.86. The van der Waals surface area contributed by atoms with Crippen LogP contribution >= 0.6 is 31.9 Å². The van der Waals surface area contributed by atoms with Gasteiger partial charge in [0.2, 0.25) is 0 Å². The number of carbonyl (C=O) groups excluding carboxylic acids is 2. The number of methoxy groups -OCH3 is 2. The molecule has 4 aromatic carbocycles. The Bertz CT molecular complexity index is 1860. The van der Waals surface area contributed by atoms with Crippen LogP contribution in [0.2, 0.25) is 0 Å². The molecule has 0 saturated heterocycles. The van der Waals surface area contributed by atoms with E-state index in [2.05, 4.69) is 31.9 Å². The molecule has 254 valence electrons. The highest BCUT2D eigenvalue weighted by molar-refractivity contribution is 9.10. The molecular weight excluding hydrogens is 760 g/mol. The van der Waals surface area contributed by atoms with Crippen LogP contribution in [0.25, 0.3) is 12.2 Å². The highest BCUT2D eigenvalue weighted by Gasteiger charge is 2.33. The Balaban J connectivity index is 1.11. The van der Waals surface area contributed by atoms with Gasteiger partial charge in [-0.1, -0.05) is 105 Å². The molecule has 0 N–H and O–H groups in total. The molecule has 2 aliphatic rings. The summed E-state index contributed by atoms with van der Waals surface area (Å²) < 4.78 is 12.3. The summed E-state index contributed by atoms with van der Waals surface area (Å²) in [6.07, 6.45) is 6.95. The van der Waals surface area contributed by atoms with Gasteiger partial charge >= 0.3 is 0 Å². The Hall–Kier alpha value is -4.80. The summed E-state index contributed by atoms with van der Waals surface area (Å²) >= 11 is 7.29. The lowest BCUT2D eigenvalue weighted by molar-refractivity contribution is -0.123. The molecule has 0 atom stereocenters. The average molecular weight is 797 g/mol. The summed E-state index contributed by atoms with van der Waals surface area (Å²) in [4.78, 5) is 40.5. The van der Waals surface area contributed by atoms with Crippen molar-refractivity contribution in [3.05, 3.63) is 140 Å². The van der Waals surface area contributed by atoms with Crippen LogP contribution in [0.5, 0.6) is 11.5 Å². The van der Waals surface area contributed by atoms with Crippen molar-refractivity contribution < 1.29 is 19.1 Å². The largest absolute Gasteiger partial charge is 0.497 e. The molecule has 0 saturated carbocycles. The number of aliphatic imine (C=N–C) groups is 2.